The molecule has 1 rings (SSSR count). The number of aromatic carboxylic acids is 1. The average Bonchev–Trinajstić information content (AvgIpc) is 2.04. The second kappa shape index (κ2) is 4.04. The van der Waals surface area contributed by atoms with Gasteiger partial charge in [-0.15, -0.1) is 0 Å². The number of hydrogen-bond acceptors (Lipinski definition) is 1. The molecule has 0 heterocycles. The van der Waals surface area contributed by atoms with Gasteiger partial charge in [0, 0.05) is 0 Å². The van der Waals surface area contributed by atoms with Crippen LogP contribution in [0.25, 0.3) is 0 Å². The first-order chi connectivity index (χ1) is 5.63. The SMILES string of the molecule is O=C(O)c1ccccc1I(F)Cl. The van der Waals surface area contributed by atoms with Gasteiger partial charge in [-0.1, -0.05) is 0 Å². The first-order valence-corrected chi connectivity index (χ1v) is 7.61. The van der Waals surface area contributed by atoms with E-state index in [4.69, 9.17) is 14.0 Å². The van der Waals surface area contributed by atoms with Crippen LogP contribution in [-0.2, 0) is 0 Å². The van der Waals surface area contributed by atoms with E-state index in [1.807, 2.05) is 0 Å². The Balaban J connectivity index is 3.17. The third-order valence-electron chi connectivity index (χ3n) is 1.26. The van der Waals surface area contributed by atoms with Crippen LogP contribution in [0.1, 0.15) is 10.4 Å². The molecule has 0 saturated carbocycles. The quantitative estimate of drug-likeness (QED) is 0.852. The molecule has 0 amide bonds. The Morgan fingerprint density at radius 3 is 2.50 bits per heavy atom. The number of carboxylic acid groups (broad SMARTS) is 1. The first kappa shape index (κ1) is 9.73. The van der Waals surface area contributed by atoms with Crippen molar-refractivity contribution in [2.45, 2.75) is 0 Å². The van der Waals surface area contributed by atoms with Gasteiger partial charge in [0.05, 0.1) is 0 Å². The van der Waals surface area contributed by atoms with Gasteiger partial charge >= 0.3 is 80.3 Å². The van der Waals surface area contributed by atoms with Crippen LogP contribution in [0, 0.1) is 3.57 Å². The van der Waals surface area contributed by atoms with Crippen LogP contribution < -0.4 is 0 Å². The third-order valence-corrected chi connectivity index (χ3v) is 4.11. The molecule has 0 aliphatic carbocycles. The van der Waals surface area contributed by atoms with E-state index in [1.54, 1.807) is 12.1 Å². The molecule has 0 bridgehead atoms. The van der Waals surface area contributed by atoms with Crippen LogP contribution in [0.3, 0.4) is 0 Å². The van der Waals surface area contributed by atoms with Crippen LogP contribution in [0.4, 0.5) is 2.86 Å². The zero-order chi connectivity index (χ0) is 9.14. The van der Waals surface area contributed by atoms with Gasteiger partial charge in [0.25, 0.3) is 0 Å². The second-order valence-corrected chi connectivity index (χ2v) is 5.95. The Labute approximate surface area is 80.2 Å². The van der Waals surface area contributed by atoms with Crippen LogP contribution in [-0.4, -0.2) is 11.1 Å². The van der Waals surface area contributed by atoms with Crippen molar-refractivity contribution in [1.82, 2.24) is 0 Å². The number of carboxylic acids is 1. The summed E-state index contributed by atoms with van der Waals surface area (Å²) in [6.07, 6.45) is 0. The fourth-order valence-electron chi connectivity index (χ4n) is 0.759. The fourth-order valence-corrected chi connectivity index (χ4v) is 2.92. The summed E-state index contributed by atoms with van der Waals surface area (Å²) >= 11 is -3.20. The molecule has 5 heteroatoms. The maximum absolute atomic E-state index is 12.7. The minimum atomic E-state index is -3.20. The summed E-state index contributed by atoms with van der Waals surface area (Å²) in [5.74, 6) is -1.13. The minimum absolute atomic E-state index is 0.0276. The molecule has 0 aliphatic rings. The molecule has 0 saturated heterocycles. The van der Waals surface area contributed by atoms with Crippen molar-refractivity contribution in [3.63, 3.8) is 0 Å². The van der Waals surface area contributed by atoms with Crippen molar-refractivity contribution in [2.24, 2.45) is 0 Å². The van der Waals surface area contributed by atoms with Crippen LogP contribution in [0.2, 0.25) is 0 Å². The zero-order valence-corrected chi connectivity index (χ0v) is 8.71. The second-order valence-electron chi connectivity index (χ2n) is 1.98. The van der Waals surface area contributed by atoms with Gasteiger partial charge in [-0.25, -0.2) is 0 Å². The van der Waals surface area contributed by atoms with Crippen molar-refractivity contribution in [3.8, 4) is 0 Å². The Morgan fingerprint density at radius 1 is 1.50 bits per heavy atom. The Hall–Kier alpha value is -0.360. The van der Waals surface area contributed by atoms with Crippen LogP contribution >= 0.6 is 28.2 Å². The molecule has 1 N–H and O–H groups in total. The summed E-state index contributed by atoms with van der Waals surface area (Å²) in [6.45, 7) is 0. The van der Waals surface area contributed by atoms with E-state index < -0.39 is 25.2 Å². The van der Waals surface area contributed by atoms with Gasteiger partial charge in [0.2, 0.25) is 0 Å². The van der Waals surface area contributed by atoms with Crippen molar-refractivity contribution in [1.29, 1.82) is 0 Å². The van der Waals surface area contributed by atoms with E-state index in [0.29, 0.717) is 0 Å². The zero-order valence-electron chi connectivity index (χ0n) is 5.80. The molecular weight excluding hydrogens is 297 g/mol. The topological polar surface area (TPSA) is 37.3 Å². The Bertz CT molecular complexity index is 303. The van der Waals surface area contributed by atoms with Gasteiger partial charge in [0.1, 0.15) is 0 Å². The molecule has 0 spiro atoms. The molecule has 0 aromatic heterocycles. The van der Waals surface area contributed by atoms with Gasteiger partial charge < -0.3 is 0 Å². The summed E-state index contributed by atoms with van der Waals surface area (Å²) < 4.78 is 12.9. The summed E-state index contributed by atoms with van der Waals surface area (Å²) in [6, 6.07) is 5.89. The molecule has 0 atom stereocenters. The first-order valence-electron chi connectivity index (χ1n) is 2.98. The predicted molar refractivity (Wildman–Crippen MR) is 53.1 cm³/mol. The molecule has 0 unspecified atom stereocenters. The van der Waals surface area contributed by atoms with Gasteiger partial charge in [-0.2, -0.15) is 0 Å². The van der Waals surface area contributed by atoms with Crippen molar-refractivity contribution < 1.29 is 12.8 Å². The van der Waals surface area contributed by atoms with Crippen LogP contribution in [0.15, 0.2) is 24.3 Å². The van der Waals surface area contributed by atoms with E-state index >= 15 is 0 Å². The van der Waals surface area contributed by atoms with E-state index in [1.165, 1.54) is 12.1 Å². The Kier molecular flexibility index (Phi) is 3.28. The molecule has 0 radical (unpaired) electrons. The molecular formula is C7H5ClFIO2. The number of rotatable bonds is 2. The van der Waals surface area contributed by atoms with Crippen molar-refractivity contribution in [2.75, 3.05) is 0 Å². The summed E-state index contributed by atoms with van der Waals surface area (Å²) in [5, 5.41) is 8.61. The maximum atomic E-state index is 12.7. The third kappa shape index (κ3) is 2.07. The van der Waals surface area contributed by atoms with Crippen LogP contribution in [0.5, 0.6) is 0 Å². The monoisotopic (exact) mass is 302 g/mol. The number of carbonyl (C=O) groups is 1. The van der Waals surface area contributed by atoms with Gasteiger partial charge in [-0.3, -0.25) is 0 Å². The molecule has 12 heavy (non-hydrogen) atoms. The number of halogens is 3. The fraction of sp³-hybridized carbons (Fsp3) is 0. The van der Waals surface area contributed by atoms with E-state index in [-0.39, 0.29) is 9.13 Å². The van der Waals surface area contributed by atoms with Gasteiger partial charge in [0.15, 0.2) is 0 Å². The van der Waals surface area contributed by atoms with E-state index in [0.717, 1.165) is 0 Å². The number of hydrogen-bond donors (Lipinski definition) is 1. The summed E-state index contributed by atoms with van der Waals surface area (Å²) in [5.41, 5.74) is -0.0276. The molecule has 0 aliphatic heterocycles. The van der Waals surface area contributed by atoms with Gasteiger partial charge in [-0.05, 0) is 0 Å². The summed E-state index contributed by atoms with van der Waals surface area (Å²) in [7, 11) is 5.28. The molecule has 66 valence electrons. The molecule has 1 aromatic carbocycles. The molecule has 1 aromatic rings. The Morgan fingerprint density at radius 2 is 2.08 bits per heavy atom. The number of benzene rings is 1. The normalized spacial score (nSPS) is 11.0. The van der Waals surface area contributed by atoms with Crippen molar-refractivity contribution >= 4 is 34.1 Å². The van der Waals surface area contributed by atoms with Crippen molar-refractivity contribution in [3.05, 3.63) is 33.4 Å². The van der Waals surface area contributed by atoms with E-state index in [9.17, 15) is 7.65 Å². The predicted octanol–water partition coefficient (Wildman–Crippen LogP) is 3.10. The average molecular weight is 302 g/mol. The molecule has 2 nitrogen and oxygen atoms in total. The molecule has 0 fully saturated rings. The summed E-state index contributed by atoms with van der Waals surface area (Å²) in [4.78, 5) is 10.5. The standard InChI is InChI=1S/C7H5ClFIO2/c8-10(9)6-4-2-1-3-5(6)7(11)12/h1-4H,(H,11,12). The van der Waals surface area contributed by atoms with E-state index in [2.05, 4.69) is 0 Å².